The van der Waals surface area contributed by atoms with Gasteiger partial charge in [-0.2, -0.15) is 0 Å². The first-order valence-corrected chi connectivity index (χ1v) is 9.72. The predicted octanol–water partition coefficient (Wildman–Crippen LogP) is -1.05. The average Bonchev–Trinajstić information content (AvgIpc) is 2.62. The first-order chi connectivity index (χ1) is 12.1. The van der Waals surface area contributed by atoms with E-state index in [4.69, 9.17) is 15.9 Å². The molecule has 26 heavy (non-hydrogen) atoms. The van der Waals surface area contributed by atoms with Gasteiger partial charge in [0.15, 0.2) is 0 Å². The fourth-order valence-corrected chi connectivity index (χ4v) is 4.44. The molecule has 0 bridgehead atoms. The number of nitrogen functional groups attached to an aromatic ring is 1. The van der Waals surface area contributed by atoms with Gasteiger partial charge in [-0.1, -0.05) is 0 Å². The maximum atomic E-state index is 12.5. The molecule has 0 radical (unpaired) electrons. The van der Waals surface area contributed by atoms with Gasteiger partial charge in [0, 0.05) is 13.1 Å². The second-order valence-corrected chi connectivity index (χ2v) is 7.67. The number of carbonyl (C=O) groups excluding carboxylic acids is 2. The molecule has 2 amide bonds. The molecule has 0 aromatic heterocycles. The number of hydrogen-bond donors (Lipinski definition) is 7. The minimum atomic E-state index is -1.10. The minimum Gasteiger partial charge on any atom is -0.397 e. The highest BCUT2D eigenvalue weighted by Crippen LogP contribution is 2.32. The zero-order valence-electron chi connectivity index (χ0n) is 13.9. The van der Waals surface area contributed by atoms with Gasteiger partial charge in [0.05, 0.1) is 49.4 Å². The summed E-state index contributed by atoms with van der Waals surface area (Å²) in [5.41, 5.74) is 7.08. The van der Waals surface area contributed by atoms with Crippen LogP contribution in [0.15, 0.2) is 0 Å². The van der Waals surface area contributed by atoms with Crippen molar-refractivity contribution in [2.45, 2.75) is 19.1 Å². The molecule has 0 aliphatic heterocycles. The maximum Gasteiger partial charge on any atom is 0.252 e. The summed E-state index contributed by atoms with van der Waals surface area (Å²) in [4.78, 5) is 25.0. The Bertz CT molecular complexity index is 633. The summed E-state index contributed by atoms with van der Waals surface area (Å²) < 4.78 is 0.930. The van der Waals surface area contributed by atoms with Crippen molar-refractivity contribution in [3.05, 3.63) is 23.8 Å². The Morgan fingerprint density at radius 1 is 0.962 bits per heavy atom. The second kappa shape index (κ2) is 10.6. The molecular formula is C15H21I2N3O6. The largest absolute Gasteiger partial charge is 0.397 e. The summed E-state index contributed by atoms with van der Waals surface area (Å²) in [6.07, 6.45) is -2.19. The standard InChI is InChI=1S/C15H21I2N3O6/c1-6-9(14(25)19-2-7(23)4-21)11(16)13(18)12(17)10(6)15(26)20-3-8(24)5-22/h7-8,21-24H,2-5,18H2,1H3,(H,19,25)(H,20,26). The van der Waals surface area contributed by atoms with Crippen molar-refractivity contribution >= 4 is 62.7 Å². The van der Waals surface area contributed by atoms with Gasteiger partial charge in [-0.15, -0.1) is 0 Å². The average molecular weight is 593 g/mol. The molecule has 2 unspecified atom stereocenters. The van der Waals surface area contributed by atoms with E-state index in [0.29, 0.717) is 12.7 Å². The van der Waals surface area contributed by atoms with Crippen LogP contribution >= 0.6 is 45.2 Å². The smallest absolute Gasteiger partial charge is 0.252 e. The molecule has 0 aliphatic rings. The van der Waals surface area contributed by atoms with Crippen LogP contribution in [0.4, 0.5) is 5.69 Å². The maximum absolute atomic E-state index is 12.5. The number of anilines is 1. The summed E-state index contributed by atoms with van der Waals surface area (Å²) in [7, 11) is 0. The van der Waals surface area contributed by atoms with Crippen molar-refractivity contribution in [1.82, 2.24) is 10.6 Å². The lowest BCUT2D eigenvalue weighted by Gasteiger charge is -2.19. The Labute approximate surface area is 177 Å². The number of nitrogens with one attached hydrogen (secondary N) is 2. The molecule has 2 atom stereocenters. The van der Waals surface area contributed by atoms with Gasteiger partial charge >= 0.3 is 0 Å². The Hall–Kier alpha value is -0.740. The number of carbonyl (C=O) groups is 2. The molecule has 1 aromatic rings. The molecule has 0 fully saturated rings. The van der Waals surface area contributed by atoms with E-state index in [-0.39, 0.29) is 29.9 Å². The van der Waals surface area contributed by atoms with E-state index in [1.54, 1.807) is 6.92 Å². The van der Waals surface area contributed by atoms with E-state index in [2.05, 4.69) is 10.6 Å². The van der Waals surface area contributed by atoms with Crippen LogP contribution in [0.3, 0.4) is 0 Å². The third kappa shape index (κ3) is 5.63. The van der Waals surface area contributed by atoms with Crippen LogP contribution in [0.2, 0.25) is 0 Å². The van der Waals surface area contributed by atoms with E-state index in [1.165, 1.54) is 0 Å². The van der Waals surface area contributed by atoms with Crippen molar-refractivity contribution < 1.29 is 30.0 Å². The number of aliphatic hydroxyl groups excluding tert-OH is 4. The number of halogens is 2. The number of amides is 2. The van der Waals surface area contributed by atoms with E-state index < -0.39 is 37.2 Å². The molecule has 8 N–H and O–H groups in total. The highest BCUT2D eigenvalue weighted by molar-refractivity contribution is 14.1. The van der Waals surface area contributed by atoms with Crippen molar-refractivity contribution in [2.75, 3.05) is 32.0 Å². The van der Waals surface area contributed by atoms with Crippen LogP contribution in [0, 0.1) is 14.1 Å². The van der Waals surface area contributed by atoms with Crippen LogP contribution < -0.4 is 16.4 Å². The van der Waals surface area contributed by atoms with Crippen LogP contribution in [0.1, 0.15) is 26.3 Å². The summed E-state index contributed by atoms with van der Waals surface area (Å²) in [6.45, 7) is 0.304. The van der Waals surface area contributed by atoms with Crippen LogP contribution in [-0.2, 0) is 0 Å². The van der Waals surface area contributed by atoms with Gasteiger partial charge < -0.3 is 36.8 Å². The first-order valence-electron chi connectivity index (χ1n) is 7.56. The molecule has 0 spiro atoms. The normalized spacial score (nSPS) is 13.2. The summed E-state index contributed by atoms with van der Waals surface area (Å²) >= 11 is 3.82. The minimum absolute atomic E-state index is 0.152. The van der Waals surface area contributed by atoms with Crippen molar-refractivity contribution in [2.24, 2.45) is 0 Å². The van der Waals surface area contributed by atoms with Crippen molar-refractivity contribution in [1.29, 1.82) is 0 Å². The lowest BCUT2D eigenvalue weighted by atomic mass is 9.99. The summed E-state index contributed by atoms with van der Waals surface area (Å²) in [5, 5.41) is 41.4. The SMILES string of the molecule is Cc1c(C(=O)NCC(O)CO)c(I)c(N)c(I)c1C(=O)NCC(O)CO. The van der Waals surface area contributed by atoms with Crippen LogP contribution in [0.5, 0.6) is 0 Å². The van der Waals surface area contributed by atoms with E-state index in [1.807, 2.05) is 45.2 Å². The lowest BCUT2D eigenvalue weighted by Crippen LogP contribution is -2.37. The second-order valence-electron chi connectivity index (χ2n) is 5.51. The Balaban J connectivity index is 3.22. The number of aliphatic hydroxyl groups is 4. The fraction of sp³-hybridized carbons (Fsp3) is 0.467. The lowest BCUT2D eigenvalue weighted by molar-refractivity contribution is 0.0798. The highest BCUT2D eigenvalue weighted by atomic mass is 127. The predicted molar refractivity (Wildman–Crippen MR) is 112 cm³/mol. The summed E-state index contributed by atoms with van der Waals surface area (Å²) in [6, 6.07) is 0. The highest BCUT2D eigenvalue weighted by Gasteiger charge is 2.26. The zero-order chi connectivity index (χ0) is 20.0. The molecular weight excluding hydrogens is 572 g/mol. The molecule has 11 heteroatoms. The van der Waals surface area contributed by atoms with Gasteiger partial charge in [-0.05, 0) is 57.7 Å². The number of rotatable bonds is 8. The van der Waals surface area contributed by atoms with Gasteiger partial charge in [-0.25, -0.2) is 0 Å². The van der Waals surface area contributed by atoms with Gasteiger partial charge in [0.1, 0.15) is 0 Å². The zero-order valence-corrected chi connectivity index (χ0v) is 18.2. The van der Waals surface area contributed by atoms with Crippen molar-refractivity contribution in [3.8, 4) is 0 Å². The monoisotopic (exact) mass is 593 g/mol. The quantitative estimate of drug-likeness (QED) is 0.149. The molecule has 0 aliphatic carbocycles. The molecule has 0 saturated heterocycles. The van der Waals surface area contributed by atoms with Crippen molar-refractivity contribution in [3.63, 3.8) is 0 Å². The molecule has 0 saturated carbocycles. The van der Waals surface area contributed by atoms with Crippen LogP contribution in [-0.4, -0.2) is 70.8 Å². The molecule has 146 valence electrons. The number of benzene rings is 1. The Morgan fingerprint density at radius 2 is 1.31 bits per heavy atom. The van der Waals surface area contributed by atoms with Gasteiger partial charge in [-0.3, -0.25) is 9.59 Å². The van der Waals surface area contributed by atoms with Gasteiger partial charge in [0.25, 0.3) is 11.8 Å². The topological polar surface area (TPSA) is 165 Å². The Morgan fingerprint density at radius 3 is 1.62 bits per heavy atom. The third-order valence-corrected chi connectivity index (χ3v) is 5.77. The van der Waals surface area contributed by atoms with E-state index in [0.717, 1.165) is 0 Å². The number of hydrogen-bond acceptors (Lipinski definition) is 7. The Kier molecular flexibility index (Phi) is 9.46. The first kappa shape index (κ1) is 23.3. The molecule has 0 heterocycles. The number of nitrogens with two attached hydrogens (primary N) is 1. The molecule has 9 nitrogen and oxygen atoms in total. The fourth-order valence-electron chi connectivity index (χ4n) is 2.09. The summed E-state index contributed by atoms with van der Waals surface area (Å²) in [5.74, 6) is -1.07. The molecule has 1 aromatic carbocycles. The molecule has 1 rings (SSSR count). The van der Waals surface area contributed by atoms with E-state index in [9.17, 15) is 19.8 Å². The van der Waals surface area contributed by atoms with Crippen LogP contribution in [0.25, 0.3) is 0 Å². The van der Waals surface area contributed by atoms with E-state index >= 15 is 0 Å². The van der Waals surface area contributed by atoms with Gasteiger partial charge in [0.2, 0.25) is 0 Å². The third-order valence-electron chi connectivity index (χ3n) is 3.53.